The molecule has 0 saturated carbocycles. The predicted octanol–water partition coefficient (Wildman–Crippen LogP) is 5.30. The molecule has 176 valence electrons. The molecule has 2 aromatic carbocycles. The normalized spacial score (nSPS) is 12.1. The van der Waals surface area contributed by atoms with Crippen LogP contribution in [0.15, 0.2) is 42.5 Å². The predicted molar refractivity (Wildman–Crippen MR) is 111 cm³/mol. The van der Waals surface area contributed by atoms with Crippen molar-refractivity contribution in [3.05, 3.63) is 69.7 Å². The molecule has 33 heavy (non-hydrogen) atoms. The summed E-state index contributed by atoms with van der Waals surface area (Å²) in [6, 6.07) is 8.27. The maximum Gasteiger partial charge on any atom is 0.416 e. The van der Waals surface area contributed by atoms with Gasteiger partial charge in [0.05, 0.1) is 17.2 Å². The summed E-state index contributed by atoms with van der Waals surface area (Å²) in [5.74, 6) is -4.40. The van der Waals surface area contributed by atoms with Crippen LogP contribution >= 0.6 is 11.3 Å². The highest BCUT2D eigenvalue weighted by Gasteiger charge is 2.32. The minimum Gasteiger partial charge on any atom is -0.546 e. The van der Waals surface area contributed by atoms with Crippen molar-refractivity contribution < 1.29 is 36.6 Å². The zero-order valence-corrected chi connectivity index (χ0v) is 18.4. The number of carbonyl (C=O) groups excluding carboxylic acids is 1. The third-order valence-electron chi connectivity index (χ3n) is 4.96. The van der Waals surface area contributed by atoms with Crippen molar-refractivity contribution in [2.45, 2.75) is 38.8 Å². The van der Waals surface area contributed by atoms with Gasteiger partial charge in [0.15, 0.2) is 0 Å². The standard InChI is InChI=1S/C23H20F5NO3S/c1-13-11-17(7-8-18(13)32-12-20(30)31)22(24,25)10-9-19-14(2)29-21(33-19)15-3-5-16(6-4-15)23(26,27)28/h3-8,11H,9-10,12H2,1-2H3,(H,30,31)/p-1. The van der Waals surface area contributed by atoms with Crippen LogP contribution in [0.1, 0.15) is 33.7 Å². The maximum absolute atomic E-state index is 14.8. The third-order valence-corrected chi connectivity index (χ3v) is 6.23. The van der Waals surface area contributed by atoms with Gasteiger partial charge in [0.25, 0.3) is 5.92 Å². The van der Waals surface area contributed by atoms with Gasteiger partial charge in [-0.1, -0.05) is 12.1 Å². The number of nitrogens with zero attached hydrogens (tertiary/aromatic N) is 1. The number of carboxylic acids is 1. The number of alkyl halides is 5. The van der Waals surface area contributed by atoms with E-state index in [-0.39, 0.29) is 17.7 Å². The van der Waals surface area contributed by atoms with E-state index >= 15 is 0 Å². The number of aliphatic carboxylic acids is 1. The largest absolute Gasteiger partial charge is 0.546 e. The third kappa shape index (κ3) is 6.07. The fourth-order valence-electron chi connectivity index (χ4n) is 3.18. The Balaban J connectivity index is 1.71. The highest BCUT2D eigenvalue weighted by Crippen LogP contribution is 2.38. The van der Waals surface area contributed by atoms with E-state index in [0.29, 0.717) is 26.7 Å². The van der Waals surface area contributed by atoms with Crippen LogP contribution in [-0.4, -0.2) is 17.6 Å². The molecule has 0 fully saturated rings. The van der Waals surface area contributed by atoms with E-state index in [2.05, 4.69) is 4.98 Å². The second-order valence-corrected chi connectivity index (χ2v) is 8.53. The van der Waals surface area contributed by atoms with E-state index in [9.17, 15) is 31.9 Å². The number of rotatable bonds is 8. The topological polar surface area (TPSA) is 62.2 Å². The van der Waals surface area contributed by atoms with E-state index in [1.807, 2.05) is 0 Å². The number of aromatic nitrogens is 1. The van der Waals surface area contributed by atoms with E-state index in [0.717, 1.165) is 12.1 Å². The summed E-state index contributed by atoms with van der Waals surface area (Å²) in [5.41, 5.74) is 0.397. The van der Waals surface area contributed by atoms with Crippen LogP contribution in [0.2, 0.25) is 0 Å². The van der Waals surface area contributed by atoms with Crippen LogP contribution in [0.5, 0.6) is 5.75 Å². The summed E-state index contributed by atoms with van der Waals surface area (Å²) in [6.45, 7) is 2.53. The molecule has 0 aliphatic heterocycles. The highest BCUT2D eigenvalue weighted by atomic mass is 32.1. The Morgan fingerprint density at radius 2 is 1.67 bits per heavy atom. The average molecular weight is 484 g/mol. The van der Waals surface area contributed by atoms with Gasteiger partial charge in [-0.2, -0.15) is 13.2 Å². The Labute approximate surface area is 190 Å². The Bertz CT molecular complexity index is 1140. The molecule has 0 aliphatic carbocycles. The number of benzene rings is 2. The molecule has 0 aliphatic rings. The Morgan fingerprint density at radius 1 is 1.03 bits per heavy atom. The molecule has 1 heterocycles. The van der Waals surface area contributed by atoms with Gasteiger partial charge in [0.2, 0.25) is 0 Å². The molecule has 4 nitrogen and oxygen atoms in total. The van der Waals surface area contributed by atoms with Gasteiger partial charge in [-0.3, -0.25) is 0 Å². The first-order valence-corrected chi connectivity index (χ1v) is 10.6. The van der Waals surface area contributed by atoms with Gasteiger partial charge < -0.3 is 14.6 Å². The Hall–Kier alpha value is -3.01. The first-order chi connectivity index (χ1) is 15.4. The number of halogens is 5. The lowest BCUT2D eigenvalue weighted by Gasteiger charge is -2.18. The number of thiazole rings is 1. The quantitative estimate of drug-likeness (QED) is 0.407. The van der Waals surface area contributed by atoms with Crippen LogP contribution in [-0.2, 0) is 23.3 Å². The SMILES string of the molecule is Cc1cc(C(F)(F)CCc2sc(-c3ccc(C(F)(F)F)cc3)nc2C)ccc1OCC(=O)[O-]. The van der Waals surface area contributed by atoms with Gasteiger partial charge in [-0.25, -0.2) is 13.8 Å². The highest BCUT2D eigenvalue weighted by molar-refractivity contribution is 7.15. The molecule has 0 spiro atoms. The van der Waals surface area contributed by atoms with Crippen molar-refractivity contribution in [1.82, 2.24) is 4.98 Å². The van der Waals surface area contributed by atoms with Gasteiger partial charge in [-0.05, 0) is 56.2 Å². The monoisotopic (exact) mass is 484 g/mol. The molecule has 1 aromatic heterocycles. The van der Waals surface area contributed by atoms with Crippen molar-refractivity contribution in [2.24, 2.45) is 0 Å². The molecule has 0 amide bonds. The first kappa shape index (κ1) is 24.6. The van der Waals surface area contributed by atoms with Crippen LogP contribution in [0.4, 0.5) is 22.0 Å². The number of aryl methyl sites for hydroxylation is 3. The summed E-state index contributed by atoms with van der Waals surface area (Å²) in [4.78, 5) is 15.4. The lowest BCUT2D eigenvalue weighted by molar-refractivity contribution is -0.307. The van der Waals surface area contributed by atoms with Crippen molar-refractivity contribution >= 4 is 17.3 Å². The minimum absolute atomic E-state index is 0.0269. The molecular weight excluding hydrogens is 465 g/mol. The summed E-state index contributed by atoms with van der Waals surface area (Å²) < 4.78 is 72.9. The van der Waals surface area contributed by atoms with Gasteiger partial charge in [0, 0.05) is 22.4 Å². The number of ether oxygens (including phenoxy) is 1. The molecule has 3 aromatic rings. The first-order valence-electron chi connectivity index (χ1n) is 9.82. The molecule has 0 N–H and O–H groups in total. The molecule has 0 atom stereocenters. The Morgan fingerprint density at radius 3 is 2.24 bits per heavy atom. The van der Waals surface area contributed by atoms with E-state index < -0.39 is 36.7 Å². The Kier molecular flexibility index (Phi) is 7.06. The molecular formula is C23H19F5NO3S-. The average Bonchev–Trinajstić information content (AvgIpc) is 3.11. The minimum atomic E-state index is -4.44. The number of carboxylic acid groups (broad SMARTS) is 1. The second-order valence-electron chi connectivity index (χ2n) is 7.45. The van der Waals surface area contributed by atoms with Gasteiger partial charge in [-0.15, -0.1) is 11.3 Å². The summed E-state index contributed by atoms with van der Waals surface area (Å²) in [6.07, 6.45) is -4.91. The molecule has 0 radical (unpaired) electrons. The van der Waals surface area contributed by atoms with Crippen LogP contribution in [0.25, 0.3) is 10.6 Å². The van der Waals surface area contributed by atoms with E-state index in [1.54, 1.807) is 6.92 Å². The van der Waals surface area contributed by atoms with Crippen molar-refractivity contribution in [3.8, 4) is 16.3 Å². The summed E-state index contributed by atoms with van der Waals surface area (Å²) in [5, 5.41) is 11.0. The number of hydrogen-bond acceptors (Lipinski definition) is 5. The zero-order valence-electron chi connectivity index (χ0n) is 17.6. The number of hydrogen-bond donors (Lipinski definition) is 0. The lowest BCUT2D eigenvalue weighted by atomic mass is 10.0. The molecule has 0 bridgehead atoms. The lowest BCUT2D eigenvalue weighted by Crippen LogP contribution is -2.29. The number of carbonyl (C=O) groups is 1. The smallest absolute Gasteiger partial charge is 0.416 e. The fraction of sp³-hybridized carbons (Fsp3) is 0.304. The van der Waals surface area contributed by atoms with Crippen molar-refractivity contribution in [3.63, 3.8) is 0 Å². The fourth-order valence-corrected chi connectivity index (χ4v) is 4.24. The summed E-state index contributed by atoms with van der Waals surface area (Å²) in [7, 11) is 0. The van der Waals surface area contributed by atoms with E-state index in [4.69, 9.17) is 4.74 Å². The van der Waals surface area contributed by atoms with Crippen LogP contribution in [0, 0.1) is 13.8 Å². The molecule has 3 rings (SSSR count). The van der Waals surface area contributed by atoms with Gasteiger partial charge in [0.1, 0.15) is 17.4 Å². The van der Waals surface area contributed by atoms with Crippen LogP contribution < -0.4 is 9.84 Å². The van der Waals surface area contributed by atoms with Crippen molar-refractivity contribution in [1.29, 1.82) is 0 Å². The second kappa shape index (κ2) is 9.46. The van der Waals surface area contributed by atoms with Gasteiger partial charge >= 0.3 is 6.18 Å². The van der Waals surface area contributed by atoms with Crippen LogP contribution in [0.3, 0.4) is 0 Å². The molecule has 10 heteroatoms. The van der Waals surface area contributed by atoms with E-state index in [1.165, 1.54) is 48.6 Å². The summed E-state index contributed by atoms with van der Waals surface area (Å²) >= 11 is 1.17. The molecule has 0 saturated heterocycles. The van der Waals surface area contributed by atoms with Crippen molar-refractivity contribution in [2.75, 3.05) is 6.61 Å². The zero-order chi connectivity index (χ0) is 24.4. The maximum atomic E-state index is 14.8. The molecule has 0 unspecified atom stereocenters.